The Balaban J connectivity index is 1.46. The third-order valence-electron chi connectivity index (χ3n) is 5.03. The number of anilines is 2. The number of hydrogen-bond donors (Lipinski definition) is 1. The van der Waals surface area contributed by atoms with Crippen LogP contribution in [0.1, 0.15) is 28.9 Å². The van der Waals surface area contributed by atoms with Crippen LogP contribution in [-0.2, 0) is 9.59 Å². The fraction of sp³-hybridized carbons (Fsp3) is 0.136. The summed E-state index contributed by atoms with van der Waals surface area (Å²) in [5, 5.41) is 7.59. The number of aromatic nitrogens is 3. The highest BCUT2D eigenvalue weighted by atomic mass is 32.1. The Morgan fingerprint density at radius 3 is 2.59 bits per heavy atom. The number of nitrogens with one attached hydrogen (secondary N) is 1. The average molecular weight is 449 g/mol. The number of aryl methyl sites for hydroxylation is 1. The van der Waals surface area contributed by atoms with Crippen LogP contribution >= 0.6 is 11.3 Å². The molecule has 3 amide bonds. The molecule has 1 fully saturated rings. The number of thiazole rings is 1. The van der Waals surface area contributed by atoms with Crippen molar-refractivity contribution in [2.75, 3.05) is 10.2 Å². The van der Waals surface area contributed by atoms with Crippen molar-refractivity contribution in [3.8, 4) is 5.13 Å². The first-order valence-corrected chi connectivity index (χ1v) is 10.6. The van der Waals surface area contributed by atoms with Gasteiger partial charge in [-0.15, -0.1) is 0 Å². The molecule has 1 saturated heterocycles. The summed E-state index contributed by atoms with van der Waals surface area (Å²) >= 11 is 1.25. The molecule has 0 aliphatic carbocycles. The second-order valence-corrected chi connectivity index (χ2v) is 8.30. The lowest BCUT2D eigenvalue weighted by atomic mass is 10.1. The summed E-state index contributed by atoms with van der Waals surface area (Å²) in [5.41, 5.74) is 1.51. The fourth-order valence-electron chi connectivity index (χ4n) is 3.57. The van der Waals surface area contributed by atoms with Crippen molar-refractivity contribution >= 4 is 50.8 Å². The highest BCUT2D eigenvalue weighted by Crippen LogP contribution is 2.29. The minimum Gasteiger partial charge on any atom is -0.306 e. The van der Waals surface area contributed by atoms with Gasteiger partial charge in [-0.05, 0) is 37.3 Å². The van der Waals surface area contributed by atoms with Gasteiger partial charge in [-0.2, -0.15) is 9.78 Å². The molecule has 32 heavy (non-hydrogen) atoms. The van der Waals surface area contributed by atoms with E-state index in [0.29, 0.717) is 27.0 Å². The number of hydrogen-bond acceptors (Lipinski definition) is 6. The van der Waals surface area contributed by atoms with E-state index in [-0.39, 0.29) is 35.7 Å². The molecular formula is C22H16FN5O3S. The van der Waals surface area contributed by atoms with Crippen molar-refractivity contribution in [3.63, 3.8) is 0 Å². The van der Waals surface area contributed by atoms with Gasteiger partial charge in [-0.1, -0.05) is 23.5 Å². The van der Waals surface area contributed by atoms with Crippen LogP contribution in [0, 0.1) is 12.7 Å². The zero-order valence-electron chi connectivity index (χ0n) is 16.8. The minimum atomic E-state index is -0.445. The Kier molecular flexibility index (Phi) is 4.78. The lowest BCUT2D eigenvalue weighted by molar-refractivity contribution is -0.121. The standard InChI is InChI=1S/C22H16FN5O3S/c1-12-10-17(28(26-12)22-25-20-15(23)6-3-7-16(20)32-22)24-21(31)13-4-2-5-14(11-13)27-18(29)8-9-19(27)30/h2-7,10-11H,8-9H2,1H3,(H,24,31). The maximum Gasteiger partial charge on any atom is 0.256 e. The number of carbonyl (C=O) groups is 3. The fourth-order valence-corrected chi connectivity index (χ4v) is 4.51. The Hall–Kier alpha value is -3.92. The predicted octanol–water partition coefficient (Wildman–Crippen LogP) is 3.84. The molecule has 10 heteroatoms. The summed E-state index contributed by atoms with van der Waals surface area (Å²) in [4.78, 5) is 42.4. The Morgan fingerprint density at radius 2 is 1.84 bits per heavy atom. The zero-order chi connectivity index (χ0) is 22.4. The first kappa shape index (κ1) is 20.0. The van der Waals surface area contributed by atoms with Crippen LogP contribution < -0.4 is 10.2 Å². The van der Waals surface area contributed by atoms with Crippen LogP contribution in [0.5, 0.6) is 0 Å². The number of amides is 3. The third kappa shape index (κ3) is 3.44. The molecule has 0 unspecified atom stereocenters. The summed E-state index contributed by atoms with van der Waals surface area (Å²) in [5.74, 6) is -1.08. The van der Waals surface area contributed by atoms with Crippen LogP contribution in [0.15, 0.2) is 48.5 Å². The largest absolute Gasteiger partial charge is 0.306 e. The number of imide groups is 1. The van der Waals surface area contributed by atoms with E-state index in [2.05, 4.69) is 15.4 Å². The Bertz CT molecular complexity index is 1390. The second kappa shape index (κ2) is 7.65. The zero-order valence-corrected chi connectivity index (χ0v) is 17.6. The molecule has 8 nitrogen and oxygen atoms in total. The molecule has 0 radical (unpaired) electrons. The summed E-state index contributed by atoms with van der Waals surface area (Å²) in [6.07, 6.45) is 0.326. The molecule has 2 aromatic carbocycles. The summed E-state index contributed by atoms with van der Waals surface area (Å²) < 4.78 is 16.2. The molecule has 1 aliphatic heterocycles. The van der Waals surface area contributed by atoms with Gasteiger partial charge in [-0.3, -0.25) is 19.3 Å². The van der Waals surface area contributed by atoms with E-state index in [0.717, 1.165) is 4.90 Å². The molecule has 0 saturated carbocycles. The van der Waals surface area contributed by atoms with Crippen LogP contribution in [0.25, 0.3) is 15.3 Å². The van der Waals surface area contributed by atoms with Crippen molar-refractivity contribution in [2.24, 2.45) is 0 Å². The number of rotatable bonds is 4. The van der Waals surface area contributed by atoms with Gasteiger partial charge in [0.05, 0.1) is 16.1 Å². The maximum absolute atomic E-state index is 14.1. The van der Waals surface area contributed by atoms with Gasteiger partial charge in [0, 0.05) is 24.5 Å². The molecule has 1 aliphatic rings. The van der Waals surface area contributed by atoms with E-state index in [1.54, 1.807) is 43.3 Å². The molecule has 3 heterocycles. The number of carbonyl (C=O) groups excluding carboxylic acids is 3. The monoisotopic (exact) mass is 449 g/mol. The minimum absolute atomic E-state index is 0.163. The maximum atomic E-state index is 14.1. The second-order valence-electron chi connectivity index (χ2n) is 7.29. The SMILES string of the molecule is Cc1cc(NC(=O)c2cccc(N3C(=O)CCC3=O)c2)n(-c2nc3c(F)cccc3s2)n1. The van der Waals surface area contributed by atoms with Crippen molar-refractivity contribution in [1.82, 2.24) is 14.8 Å². The van der Waals surface area contributed by atoms with Gasteiger partial charge < -0.3 is 5.32 Å². The van der Waals surface area contributed by atoms with Crippen molar-refractivity contribution in [3.05, 3.63) is 65.6 Å². The topological polar surface area (TPSA) is 97.2 Å². The van der Waals surface area contributed by atoms with Gasteiger partial charge in [0.1, 0.15) is 17.2 Å². The predicted molar refractivity (Wildman–Crippen MR) is 118 cm³/mol. The van der Waals surface area contributed by atoms with E-state index < -0.39 is 11.7 Å². The van der Waals surface area contributed by atoms with Crippen molar-refractivity contribution in [2.45, 2.75) is 19.8 Å². The Morgan fingerprint density at radius 1 is 1.09 bits per heavy atom. The number of nitrogens with zero attached hydrogens (tertiary/aromatic N) is 4. The summed E-state index contributed by atoms with van der Waals surface area (Å²) in [7, 11) is 0. The van der Waals surface area contributed by atoms with E-state index >= 15 is 0 Å². The Labute approximate surface area is 185 Å². The lowest BCUT2D eigenvalue weighted by Gasteiger charge is -2.15. The number of benzene rings is 2. The molecule has 0 spiro atoms. The first-order chi connectivity index (χ1) is 15.4. The molecule has 5 rings (SSSR count). The molecule has 0 atom stereocenters. The van der Waals surface area contributed by atoms with Gasteiger partial charge in [0.25, 0.3) is 5.91 Å². The molecular weight excluding hydrogens is 433 g/mol. The highest BCUT2D eigenvalue weighted by molar-refractivity contribution is 7.20. The average Bonchev–Trinajstić information content (AvgIpc) is 3.45. The molecule has 1 N–H and O–H groups in total. The number of halogens is 1. The molecule has 4 aromatic rings. The van der Waals surface area contributed by atoms with Crippen LogP contribution in [0.2, 0.25) is 0 Å². The molecule has 160 valence electrons. The first-order valence-electron chi connectivity index (χ1n) is 9.80. The third-order valence-corrected chi connectivity index (χ3v) is 6.03. The van der Waals surface area contributed by atoms with Crippen molar-refractivity contribution in [1.29, 1.82) is 0 Å². The molecule has 0 bridgehead atoms. The van der Waals surface area contributed by atoms with Crippen LogP contribution in [0.4, 0.5) is 15.9 Å². The quantitative estimate of drug-likeness (QED) is 0.478. The van der Waals surface area contributed by atoms with Gasteiger partial charge >= 0.3 is 0 Å². The van der Waals surface area contributed by atoms with Crippen molar-refractivity contribution < 1.29 is 18.8 Å². The molecule has 2 aromatic heterocycles. The normalized spacial score (nSPS) is 13.9. The van der Waals surface area contributed by atoms with Gasteiger partial charge in [-0.25, -0.2) is 9.37 Å². The van der Waals surface area contributed by atoms with E-state index in [1.165, 1.54) is 28.2 Å². The van der Waals surface area contributed by atoms with Gasteiger partial charge in [0.2, 0.25) is 16.9 Å². The van der Waals surface area contributed by atoms with Crippen LogP contribution in [-0.4, -0.2) is 32.5 Å². The summed E-state index contributed by atoms with van der Waals surface area (Å²) in [6.45, 7) is 1.77. The van der Waals surface area contributed by atoms with E-state index in [4.69, 9.17) is 0 Å². The van der Waals surface area contributed by atoms with E-state index in [9.17, 15) is 18.8 Å². The van der Waals surface area contributed by atoms with Gasteiger partial charge in [0.15, 0.2) is 0 Å². The number of fused-ring (bicyclic) bond motifs is 1. The van der Waals surface area contributed by atoms with E-state index in [1.807, 2.05) is 0 Å². The lowest BCUT2D eigenvalue weighted by Crippen LogP contribution is -2.28. The summed E-state index contributed by atoms with van der Waals surface area (Å²) in [6, 6.07) is 12.7. The highest BCUT2D eigenvalue weighted by Gasteiger charge is 2.30. The van der Waals surface area contributed by atoms with Crippen LogP contribution in [0.3, 0.4) is 0 Å². The number of para-hydroxylation sites is 1. The smallest absolute Gasteiger partial charge is 0.256 e.